The van der Waals surface area contributed by atoms with Crippen molar-refractivity contribution in [1.29, 1.82) is 0 Å². The van der Waals surface area contributed by atoms with E-state index in [-0.39, 0.29) is 5.54 Å². The van der Waals surface area contributed by atoms with E-state index in [0.29, 0.717) is 5.88 Å². The van der Waals surface area contributed by atoms with Crippen molar-refractivity contribution in [3.8, 4) is 0 Å². The summed E-state index contributed by atoms with van der Waals surface area (Å²) in [6.07, 6.45) is 0.983. The van der Waals surface area contributed by atoms with Crippen LogP contribution in [0.3, 0.4) is 0 Å². The first-order chi connectivity index (χ1) is 8.12. The van der Waals surface area contributed by atoms with Gasteiger partial charge in [-0.1, -0.05) is 18.2 Å². The van der Waals surface area contributed by atoms with Crippen LogP contribution in [0, 0.1) is 0 Å². The molecule has 0 atom stereocenters. The molecule has 1 N–H and O–H groups in total. The van der Waals surface area contributed by atoms with Gasteiger partial charge in [0.25, 0.3) is 0 Å². The molecule has 0 bridgehead atoms. The second kappa shape index (κ2) is 5.38. The van der Waals surface area contributed by atoms with Crippen molar-refractivity contribution in [1.82, 2.24) is 5.32 Å². The van der Waals surface area contributed by atoms with Crippen LogP contribution in [0.1, 0.15) is 25.8 Å². The van der Waals surface area contributed by atoms with E-state index >= 15 is 0 Å². The molecule has 1 aromatic carbocycles. The highest BCUT2D eigenvalue weighted by molar-refractivity contribution is 7.17. The number of fused-ring (bicyclic) bond motifs is 1. The molecule has 0 saturated heterocycles. The Bertz CT molecular complexity index is 490. The molecule has 1 heterocycles. The molecule has 1 aromatic heterocycles. The third-order valence-electron chi connectivity index (χ3n) is 3.04. The Labute approximate surface area is 112 Å². The molecule has 0 aliphatic rings. The van der Waals surface area contributed by atoms with Crippen molar-refractivity contribution in [2.24, 2.45) is 0 Å². The smallest absolute Gasteiger partial charge is 0.0346 e. The first-order valence-electron chi connectivity index (χ1n) is 5.88. The van der Waals surface area contributed by atoms with Gasteiger partial charge in [0.2, 0.25) is 0 Å². The monoisotopic (exact) mass is 267 g/mol. The summed E-state index contributed by atoms with van der Waals surface area (Å²) >= 11 is 7.62. The van der Waals surface area contributed by atoms with E-state index in [4.69, 9.17) is 11.6 Å². The van der Waals surface area contributed by atoms with E-state index in [9.17, 15) is 0 Å². The minimum Gasteiger partial charge on any atom is -0.308 e. The Kier molecular flexibility index (Phi) is 4.08. The lowest BCUT2D eigenvalue weighted by molar-refractivity contribution is 0.377. The molecule has 3 heteroatoms. The molecule has 0 spiro atoms. The molecule has 1 nitrogen and oxygen atoms in total. The second-order valence-corrected chi connectivity index (χ2v) is 6.22. The molecule has 0 aliphatic carbocycles. The van der Waals surface area contributed by atoms with E-state index in [2.05, 4.69) is 48.8 Å². The molecule has 2 aromatic rings. The third-order valence-corrected chi connectivity index (χ3v) is 4.24. The van der Waals surface area contributed by atoms with Crippen molar-refractivity contribution in [2.75, 3.05) is 5.88 Å². The van der Waals surface area contributed by atoms with Gasteiger partial charge in [0.15, 0.2) is 0 Å². The average Bonchev–Trinajstić information content (AvgIpc) is 2.70. The fourth-order valence-electron chi connectivity index (χ4n) is 1.83. The third kappa shape index (κ3) is 3.21. The summed E-state index contributed by atoms with van der Waals surface area (Å²) in [6, 6.07) is 8.56. The van der Waals surface area contributed by atoms with Crippen molar-refractivity contribution in [2.45, 2.75) is 32.4 Å². The summed E-state index contributed by atoms with van der Waals surface area (Å²) in [5.74, 6) is 0.699. The number of rotatable bonds is 5. The summed E-state index contributed by atoms with van der Waals surface area (Å²) in [5.41, 5.74) is 1.48. The maximum Gasteiger partial charge on any atom is 0.0346 e. The van der Waals surface area contributed by atoms with E-state index in [1.54, 1.807) is 0 Å². The largest absolute Gasteiger partial charge is 0.308 e. The molecular formula is C14H18ClNS. The zero-order chi connectivity index (χ0) is 12.3. The number of benzene rings is 1. The Balaban J connectivity index is 2.09. The lowest BCUT2D eigenvalue weighted by atomic mass is 10.0. The topological polar surface area (TPSA) is 12.0 Å². The molecule has 0 saturated carbocycles. The molecular weight excluding hydrogens is 250 g/mol. The quantitative estimate of drug-likeness (QED) is 0.792. The van der Waals surface area contributed by atoms with Crippen molar-refractivity contribution in [3.05, 3.63) is 35.2 Å². The highest BCUT2D eigenvalue weighted by Gasteiger charge is 2.16. The van der Waals surface area contributed by atoms with Crippen molar-refractivity contribution in [3.63, 3.8) is 0 Å². The number of halogens is 1. The van der Waals surface area contributed by atoms with Crippen LogP contribution in [0.2, 0.25) is 0 Å². The molecule has 2 rings (SSSR count). The van der Waals surface area contributed by atoms with Gasteiger partial charge in [0.1, 0.15) is 0 Å². The Hall–Kier alpha value is -0.570. The first-order valence-corrected chi connectivity index (χ1v) is 7.30. The molecule has 0 unspecified atom stereocenters. The van der Waals surface area contributed by atoms with Crippen LogP contribution < -0.4 is 5.32 Å². The summed E-state index contributed by atoms with van der Waals surface area (Å²) in [7, 11) is 0. The van der Waals surface area contributed by atoms with Gasteiger partial charge in [-0.15, -0.1) is 22.9 Å². The van der Waals surface area contributed by atoms with Gasteiger partial charge < -0.3 is 5.32 Å². The fourth-order valence-corrected chi connectivity index (χ4v) is 3.26. The average molecular weight is 268 g/mol. The Morgan fingerprint density at radius 3 is 2.82 bits per heavy atom. The van der Waals surface area contributed by atoms with Gasteiger partial charge in [-0.3, -0.25) is 0 Å². The van der Waals surface area contributed by atoms with Gasteiger partial charge in [0, 0.05) is 22.7 Å². The Morgan fingerprint density at radius 2 is 2.06 bits per heavy atom. The standard InChI is InChI=1S/C14H18ClNS/c1-14(2,7-8-15)16-9-11-10-17-13-6-4-3-5-12(11)13/h3-6,10,16H,7-9H2,1-2H3. The zero-order valence-corrected chi connectivity index (χ0v) is 11.9. The van der Waals surface area contributed by atoms with E-state index < -0.39 is 0 Å². The van der Waals surface area contributed by atoms with Gasteiger partial charge in [-0.25, -0.2) is 0 Å². The highest BCUT2D eigenvalue weighted by atomic mass is 35.5. The lowest BCUT2D eigenvalue weighted by Gasteiger charge is -2.25. The highest BCUT2D eigenvalue weighted by Crippen LogP contribution is 2.26. The van der Waals surface area contributed by atoms with Gasteiger partial charge in [-0.2, -0.15) is 0 Å². The lowest BCUT2D eigenvalue weighted by Crippen LogP contribution is -2.38. The maximum atomic E-state index is 5.80. The summed E-state index contributed by atoms with van der Waals surface area (Å²) < 4.78 is 1.36. The van der Waals surface area contributed by atoms with Gasteiger partial charge in [0.05, 0.1) is 0 Å². The van der Waals surface area contributed by atoms with Crippen LogP contribution in [-0.2, 0) is 6.54 Å². The van der Waals surface area contributed by atoms with E-state index in [1.165, 1.54) is 15.6 Å². The van der Waals surface area contributed by atoms with Crippen molar-refractivity contribution < 1.29 is 0 Å². The minimum atomic E-state index is 0.102. The predicted octanol–water partition coefficient (Wildman–Crippen LogP) is 4.40. The number of hydrogen-bond donors (Lipinski definition) is 1. The minimum absolute atomic E-state index is 0.102. The number of thiophene rings is 1. The van der Waals surface area contributed by atoms with Gasteiger partial charge >= 0.3 is 0 Å². The van der Waals surface area contributed by atoms with Crippen LogP contribution in [0.15, 0.2) is 29.6 Å². The number of alkyl halides is 1. The molecule has 0 amide bonds. The summed E-state index contributed by atoms with van der Waals surface area (Å²) in [5, 5.41) is 7.19. The second-order valence-electron chi connectivity index (χ2n) is 4.93. The zero-order valence-electron chi connectivity index (χ0n) is 10.3. The van der Waals surface area contributed by atoms with Crippen LogP contribution in [-0.4, -0.2) is 11.4 Å². The normalized spacial score (nSPS) is 12.2. The fraction of sp³-hybridized carbons (Fsp3) is 0.429. The predicted molar refractivity (Wildman–Crippen MR) is 78.1 cm³/mol. The summed E-state index contributed by atoms with van der Waals surface area (Å²) in [6.45, 7) is 5.31. The molecule has 0 radical (unpaired) electrons. The molecule has 17 heavy (non-hydrogen) atoms. The van der Waals surface area contributed by atoms with Crippen molar-refractivity contribution >= 4 is 33.0 Å². The van der Waals surface area contributed by atoms with Crippen LogP contribution in [0.4, 0.5) is 0 Å². The molecule has 92 valence electrons. The summed E-state index contributed by atoms with van der Waals surface area (Å²) in [4.78, 5) is 0. The Morgan fingerprint density at radius 1 is 1.29 bits per heavy atom. The van der Waals surface area contributed by atoms with Gasteiger partial charge in [-0.05, 0) is 42.7 Å². The SMILES string of the molecule is CC(C)(CCCl)NCc1csc2ccccc12. The van der Waals surface area contributed by atoms with Crippen LogP contribution in [0.5, 0.6) is 0 Å². The molecule has 0 fully saturated rings. The molecule has 0 aliphatic heterocycles. The number of hydrogen-bond acceptors (Lipinski definition) is 2. The van der Waals surface area contributed by atoms with Crippen LogP contribution in [0.25, 0.3) is 10.1 Å². The number of nitrogens with one attached hydrogen (secondary N) is 1. The van der Waals surface area contributed by atoms with E-state index in [0.717, 1.165) is 13.0 Å². The maximum absolute atomic E-state index is 5.80. The van der Waals surface area contributed by atoms with Crippen LogP contribution >= 0.6 is 22.9 Å². The first kappa shape index (κ1) is 12.9. The van der Waals surface area contributed by atoms with E-state index in [1.807, 2.05) is 11.3 Å².